The lowest BCUT2D eigenvalue weighted by molar-refractivity contribution is -0.119. The first-order chi connectivity index (χ1) is 19.5. The first-order valence-corrected chi connectivity index (χ1v) is 14.8. The van der Waals surface area contributed by atoms with Gasteiger partial charge in [0, 0.05) is 53.4 Å². The van der Waals surface area contributed by atoms with E-state index >= 15 is 0 Å². The molecule has 216 valence electrons. The Labute approximate surface area is 244 Å². The molecule has 5 nitrogen and oxygen atoms in total. The highest BCUT2D eigenvalue weighted by Gasteiger charge is 2.49. The molecular formula is C36H43NO4. The van der Waals surface area contributed by atoms with Gasteiger partial charge < -0.3 is 14.4 Å². The molecule has 0 unspecified atom stereocenters. The number of hydrogen-bond donors (Lipinski definition) is 0. The quantitative estimate of drug-likeness (QED) is 0.314. The van der Waals surface area contributed by atoms with Gasteiger partial charge in [0.25, 0.3) is 0 Å². The second-order valence-corrected chi connectivity index (χ2v) is 13.2. The first kappa shape index (κ1) is 28.9. The molecule has 2 aromatic carbocycles. The summed E-state index contributed by atoms with van der Waals surface area (Å²) in [6, 6.07) is 14.4. The maximum absolute atomic E-state index is 14.2. The Morgan fingerprint density at radius 1 is 0.927 bits per heavy atom. The van der Waals surface area contributed by atoms with Gasteiger partial charge in [-0.05, 0) is 54.2 Å². The maximum atomic E-state index is 14.2. The van der Waals surface area contributed by atoms with Gasteiger partial charge in [-0.1, -0.05) is 70.2 Å². The van der Waals surface area contributed by atoms with Crippen LogP contribution in [-0.2, 0) is 22.6 Å². The van der Waals surface area contributed by atoms with Crippen LogP contribution in [-0.4, -0.2) is 30.2 Å². The molecule has 1 aliphatic heterocycles. The van der Waals surface area contributed by atoms with Crippen LogP contribution in [0.1, 0.15) is 82.9 Å². The van der Waals surface area contributed by atoms with Crippen molar-refractivity contribution in [3.8, 4) is 11.5 Å². The van der Waals surface area contributed by atoms with Gasteiger partial charge in [-0.25, -0.2) is 0 Å². The molecule has 1 heterocycles. The molecule has 0 aromatic heterocycles. The number of hydrogen-bond acceptors (Lipinski definition) is 5. The van der Waals surface area contributed by atoms with Gasteiger partial charge in [-0.2, -0.15) is 0 Å². The molecule has 0 atom stereocenters. The van der Waals surface area contributed by atoms with E-state index in [1.165, 1.54) is 0 Å². The predicted molar refractivity (Wildman–Crippen MR) is 163 cm³/mol. The second-order valence-electron chi connectivity index (χ2n) is 13.2. The third-order valence-corrected chi connectivity index (χ3v) is 8.57. The topological polar surface area (TPSA) is 55.8 Å². The number of ether oxygens (including phenoxy) is 2. The van der Waals surface area contributed by atoms with Crippen LogP contribution in [0.25, 0.3) is 0 Å². The number of carbonyl (C=O) groups excluding carboxylic acids is 2. The molecule has 0 amide bonds. The summed E-state index contributed by atoms with van der Waals surface area (Å²) >= 11 is 0. The Morgan fingerprint density at radius 2 is 1.51 bits per heavy atom. The van der Waals surface area contributed by atoms with E-state index in [1.54, 1.807) is 7.11 Å². The lowest BCUT2D eigenvalue weighted by Gasteiger charge is -2.49. The van der Waals surface area contributed by atoms with E-state index in [-0.39, 0.29) is 22.4 Å². The van der Waals surface area contributed by atoms with Crippen LogP contribution >= 0.6 is 0 Å². The van der Waals surface area contributed by atoms with Gasteiger partial charge in [0.05, 0.1) is 13.7 Å². The summed E-state index contributed by atoms with van der Waals surface area (Å²) in [5, 5.41) is 0. The second kappa shape index (κ2) is 11.0. The average Bonchev–Trinajstić information content (AvgIpc) is 2.90. The number of nitrogens with zero attached hydrogens (tertiary/aromatic N) is 1. The van der Waals surface area contributed by atoms with E-state index in [4.69, 9.17) is 9.47 Å². The van der Waals surface area contributed by atoms with Crippen molar-refractivity contribution >= 4 is 11.6 Å². The number of allylic oxidation sites excluding steroid dienone is 5. The molecule has 0 saturated heterocycles. The van der Waals surface area contributed by atoms with Crippen LogP contribution < -0.4 is 9.47 Å². The fraction of sp³-hybridized carbons (Fsp3) is 0.444. The average molecular weight is 554 g/mol. The Balaban J connectivity index is 1.80. The summed E-state index contributed by atoms with van der Waals surface area (Å²) < 4.78 is 11.8. The molecule has 0 fully saturated rings. The minimum Gasteiger partial charge on any atom is -0.493 e. The van der Waals surface area contributed by atoms with Gasteiger partial charge in [0.2, 0.25) is 0 Å². The van der Waals surface area contributed by atoms with Gasteiger partial charge in [-0.3, -0.25) is 9.59 Å². The van der Waals surface area contributed by atoms with Gasteiger partial charge in [0.15, 0.2) is 23.1 Å². The largest absolute Gasteiger partial charge is 0.493 e. The molecule has 41 heavy (non-hydrogen) atoms. The summed E-state index contributed by atoms with van der Waals surface area (Å²) in [7, 11) is 1.64. The number of rotatable bonds is 8. The van der Waals surface area contributed by atoms with Crippen LogP contribution in [0.4, 0.5) is 0 Å². The van der Waals surface area contributed by atoms with E-state index in [1.807, 2.05) is 37.3 Å². The van der Waals surface area contributed by atoms with Crippen LogP contribution in [0.15, 0.2) is 77.7 Å². The maximum Gasteiger partial charge on any atom is 0.164 e. The van der Waals surface area contributed by atoms with E-state index in [0.717, 1.165) is 52.1 Å². The smallest absolute Gasteiger partial charge is 0.164 e. The molecule has 0 bridgehead atoms. The van der Waals surface area contributed by atoms with Crippen LogP contribution in [0.3, 0.4) is 0 Å². The molecule has 2 aromatic rings. The number of ketones is 2. The fourth-order valence-electron chi connectivity index (χ4n) is 6.96. The molecule has 0 radical (unpaired) electrons. The SMILES string of the molecule is C=CCc1cc(C2C3=C(CC(C)(C)CC3=O)N(Cc3ccccc3)C3=C2C(=O)CC(C)(C)C3)cc(OC)c1OCC. The number of benzene rings is 2. The third-order valence-electron chi connectivity index (χ3n) is 8.57. The first-order valence-electron chi connectivity index (χ1n) is 14.8. The number of methoxy groups -OCH3 is 1. The molecular weight excluding hydrogens is 510 g/mol. The zero-order valence-corrected chi connectivity index (χ0v) is 25.4. The van der Waals surface area contributed by atoms with E-state index in [0.29, 0.717) is 43.9 Å². The summed E-state index contributed by atoms with van der Waals surface area (Å²) in [5.41, 5.74) is 6.31. The summed E-state index contributed by atoms with van der Waals surface area (Å²) in [5.74, 6) is 1.12. The highest BCUT2D eigenvalue weighted by atomic mass is 16.5. The van der Waals surface area contributed by atoms with Crippen molar-refractivity contribution in [2.45, 2.75) is 79.2 Å². The molecule has 5 heteroatoms. The summed E-state index contributed by atoms with van der Waals surface area (Å²) in [6.45, 7) is 15.7. The van der Waals surface area contributed by atoms with Crippen molar-refractivity contribution in [1.29, 1.82) is 0 Å². The normalized spacial score (nSPS) is 20.1. The lowest BCUT2D eigenvalue weighted by atomic mass is 9.63. The molecule has 0 spiro atoms. The van der Waals surface area contributed by atoms with Crippen LogP contribution in [0, 0.1) is 10.8 Å². The van der Waals surface area contributed by atoms with Crippen molar-refractivity contribution in [3.05, 3.63) is 94.4 Å². The van der Waals surface area contributed by atoms with Crippen molar-refractivity contribution in [2.24, 2.45) is 10.8 Å². The number of Topliss-reactive ketones (excluding diaryl/α,β-unsaturated/α-hetero) is 2. The minimum absolute atomic E-state index is 0.126. The zero-order chi connectivity index (χ0) is 29.5. The zero-order valence-electron chi connectivity index (χ0n) is 25.4. The van der Waals surface area contributed by atoms with Crippen molar-refractivity contribution in [1.82, 2.24) is 4.90 Å². The van der Waals surface area contributed by atoms with Gasteiger partial charge >= 0.3 is 0 Å². The summed E-state index contributed by atoms with van der Waals surface area (Å²) in [6.07, 6.45) is 4.90. The standard InChI is InChI=1S/C36H43NO4/c1-8-13-24-16-25(17-30(40-7)34(24)41-9-2)31-32-26(18-35(3,4)20-28(32)38)37(22-23-14-11-10-12-15-23)27-19-36(5,6)21-29(39)33(27)31/h8,10-12,14-17,31H,1,9,13,18-22H2,2-7H3. The predicted octanol–water partition coefficient (Wildman–Crippen LogP) is 7.71. The van der Waals surface area contributed by atoms with E-state index in [2.05, 4.69) is 57.4 Å². The molecule has 2 aliphatic carbocycles. The van der Waals surface area contributed by atoms with Crippen molar-refractivity contribution in [3.63, 3.8) is 0 Å². The van der Waals surface area contributed by atoms with E-state index in [9.17, 15) is 9.59 Å². The Bertz CT molecular complexity index is 1390. The summed E-state index contributed by atoms with van der Waals surface area (Å²) in [4.78, 5) is 30.7. The lowest BCUT2D eigenvalue weighted by Crippen LogP contribution is -2.44. The molecule has 3 aliphatic rings. The molecule has 0 N–H and O–H groups in total. The fourth-order valence-corrected chi connectivity index (χ4v) is 6.96. The van der Waals surface area contributed by atoms with E-state index < -0.39 is 5.92 Å². The minimum atomic E-state index is -0.438. The molecule has 5 rings (SSSR count). The third kappa shape index (κ3) is 5.51. The van der Waals surface area contributed by atoms with Crippen LogP contribution in [0.5, 0.6) is 11.5 Å². The highest BCUT2D eigenvalue weighted by molar-refractivity contribution is 6.06. The monoisotopic (exact) mass is 553 g/mol. The molecule has 0 saturated carbocycles. The highest BCUT2D eigenvalue weighted by Crippen LogP contribution is 2.55. The Hall–Kier alpha value is -3.60. The van der Waals surface area contributed by atoms with Crippen molar-refractivity contribution < 1.29 is 19.1 Å². The van der Waals surface area contributed by atoms with Crippen LogP contribution in [0.2, 0.25) is 0 Å². The van der Waals surface area contributed by atoms with Gasteiger partial charge in [0.1, 0.15) is 0 Å². The Morgan fingerprint density at radius 3 is 2.02 bits per heavy atom. The van der Waals surface area contributed by atoms with Gasteiger partial charge in [-0.15, -0.1) is 6.58 Å². The van der Waals surface area contributed by atoms with Crippen molar-refractivity contribution in [2.75, 3.05) is 13.7 Å². The Kier molecular flexibility index (Phi) is 7.76. The number of carbonyl (C=O) groups is 2.